The molecular formula is C18H18N2O7. The number of rotatable bonds is 10. The number of nitrogens with zero attached hydrogens (tertiary/aromatic N) is 1. The van der Waals surface area contributed by atoms with Gasteiger partial charge in [-0.25, -0.2) is 0 Å². The average molecular weight is 374 g/mol. The summed E-state index contributed by atoms with van der Waals surface area (Å²) in [6, 6.07) is 10.7. The lowest BCUT2D eigenvalue weighted by Crippen LogP contribution is -2.32. The molecule has 9 nitrogen and oxygen atoms in total. The Hall–Kier alpha value is -3.62. The number of benzene rings is 2. The average Bonchev–Trinajstić information content (AvgIpc) is 2.69. The first-order chi connectivity index (χ1) is 13.0. The number of ether oxygens (including phenoxy) is 3. The summed E-state index contributed by atoms with van der Waals surface area (Å²) >= 11 is 0. The van der Waals surface area contributed by atoms with Crippen LogP contribution in [-0.4, -0.2) is 44.0 Å². The molecule has 0 heterocycles. The molecule has 142 valence electrons. The summed E-state index contributed by atoms with van der Waals surface area (Å²) in [6.07, 6.45) is 0.432. The van der Waals surface area contributed by atoms with Gasteiger partial charge in [-0.2, -0.15) is 0 Å². The highest BCUT2D eigenvalue weighted by atomic mass is 16.6. The maximum atomic E-state index is 11.8. The summed E-state index contributed by atoms with van der Waals surface area (Å²) in [7, 11) is 1.53. The molecule has 0 aliphatic carbocycles. The molecule has 0 aromatic heterocycles. The summed E-state index contributed by atoms with van der Waals surface area (Å²) in [4.78, 5) is 32.9. The van der Waals surface area contributed by atoms with Gasteiger partial charge >= 0.3 is 0 Å². The maximum Gasteiger partial charge on any atom is 0.270 e. The largest absolute Gasteiger partial charge is 0.493 e. The Morgan fingerprint density at radius 2 is 1.89 bits per heavy atom. The van der Waals surface area contributed by atoms with Gasteiger partial charge in [-0.05, 0) is 18.2 Å². The number of methoxy groups -OCH3 is 1. The Balaban J connectivity index is 1.78. The molecule has 1 N–H and O–H groups in total. The van der Waals surface area contributed by atoms with Crippen LogP contribution in [0.15, 0.2) is 42.5 Å². The zero-order valence-corrected chi connectivity index (χ0v) is 14.5. The first kappa shape index (κ1) is 19.7. The molecule has 0 atom stereocenters. The fourth-order valence-electron chi connectivity index (χ4n) is 2.16. The number of carbonyl (C=O) groups excluding carboxylic acids is 2. The minimum atomic E-state index is -0.620. The number of hydrogen-bond acceptors (Lipinski definition) is 7. The quantitative estimate of drug-likeness (QED) is 0.292. The third-order valence-electron chi connectivity index (χ3n) is 3.44. The molecule has 2 rings (SSSR count). The minimum absolute atomic E-state index is 0.00324. The van der Waals surface area contributed by atoms with Crippen molar-refractivity contribution in [2.24, 2.45) is 0 Å². The summed E-state index contributed by atoms with van der Waals surface area (Å²) < 4.78 is 15.9. The fraction of sp³-hybridized carbons (Fsp3) is 0.222. The van der Waals surface area contributed by atoms with Crippen LogP contribution >= 0.6 is 0 Å². The molecule has 0 aliphatic rings. The van der Waals surface area contributed by atoms with Gasteiger partial charge in [0, 0.05) is 12.1 Å². The maximum absolute atomic E-state index is 11.8. The smallest absolute Gasteiger partial charge is 0.270 e. The predicted molar refractivity (Wildman–Crippen MR) is 95.5 cm³/mol. The number of aldehydes is 1. The third kappa shape index (κ3) is 5.70. The third-order valence-corrected chi connectivity index (χ3v) is 3.44. The number of para-hydroxylation sites is 2. The van der Waals surface area contributed by atoms with Crippen LogP contribution in [0.1, 0.15) is 10.4 Å². The van der Waals surface area contributed by atoms with Crippen molar-refractivity contribution < 1.29 is 28.7 Å². The van der Waals surface area contributed by atoms with Crippen LogP contribution in [0, 0.1) is 10.1 Å². The normalized spacial score (nSPS) is 9.96. The second-order valence-electron chi connectivity index (χ2n) is 5.24. The van der Waals surface area contributed by atoms with Crippen molar-refractivity contribution >= 4 is 17.9 Å². The zero-order chi connectivity index (χ0) is 19.6. The van der Waals surface area contributed by atoms with Crippen molar-refractivity contribution in [1.29, 1.82) is 0 Å². The van der Waals surface area contributed by atoms with Crippen LogP contribution in [0.25, 0.3) is 0 Å². The molecule has 27 heavy (non-hydrogen) atoms. The van der Waals surface area contributed by atoms with Gasteiger partial charge in [0.25, 0.3) is 11.6 Å². The van der Waals surface area contributed by atoms with Crippen molar-refractivity contribution in [2.45, 2.75) is 0 Å². The first-order valence-corrected chi connectivity index (χ1v) is 7.94. The topological polar surface area (TPSA) is 117 Å². The lowest BCUT2D eigenvalue weighted by molar-refractivity contribution is -0.384. The van der Waals surface area contributed by atoms with Crippen molar-refractivity contribution in [3.05, 3.63) is 58.1 Å². The number of nitrogens with one attached hydrogen (secondary N) is 1. The van der Waals surface area contributed by atoms with Gasteiger partial charge < -0.3 is 19.5 Å². The van der Waals surface area contributed by atoms with Crippen molar-refractivity contribution in [3.8, 4) is 17.2 Å². The van der Waals surface area contributed by atoms with Gasteiger partial charge in [-0.15, -0.1) is 0 Å². The Morgan fingerprint density at radius 1 is 1.15 bits per heavy atom. The van der Waals surface area contributed by atoms with Crippen LogP contribution in [0.2, 0.25) is 0 Å². The monoisotopic (exact) mass is 374 g/mol. The van der Waals surface area contributed by atoms with E-state index in [2.05, 4.69) is 5.32 Å². The molecule has 2 aromatic carbocycles. The molecule has 0 spiro atoms. The van der Waals surface area contributed by atoms with E-state index in [4.69, 9.17) is 14.2 Å². The van der Waals surface area contributed by atoms with Crippen molar-refractivity contribution in [2.75, 3.05) is 26.9 Å². The molecule has 2 aromatic rings. The minimum Gasteiger partial charge on any atom is -0.493 e. The summed E-state index contributed by atoms with van der Waals surface area (Å²) in [6.45, 7) is 0.123. The molecule has 0 unspecified atom stereocenters. The van der Waals surface area contributed by atoms with Crippen LogP contribution in [0.3, 0.4) is 0 Å². The second-order valence-corrected chi connectivity index (χ2v) is 5.24. The van der Waals surface area contributed by atoms with E-state index in [0.29, 0.717) is 17.8 Å². The van der Waals surface area contributed by atoms with Crippen LogP contribution in [0.5, 0.6) is 17.2 Å². The molecule has 0 saturated carbocycles. The Morgan fingerprint density at radius 3 is 2.56 bits per heavy atom. The Bertz CT molecular complexity index is 823. The highest BCUT2D eigenvalue weighted by Crippen LogP contribution is 2.25. The zero-order valence-electron chi connectivity index (χ0n) is 14.5. The van der Waals surface area contributed by atoms with Gasteiger partial charge in [0.1, 0.15) is 12.4 Å². The SMILES string of the molecule is COc1ccccc1OCCNC(=O)COc1ccc([N+](=O)[O-])cc1C=O. The van der Waals surface area contributed by atoms with E-state index < -0.39 is 10.8 Å². The number of hydrogen-bond donors (Lipinski definition) is 1. The summed E-state index contributed by atoms with van der Waals surface area (Å²) in [5.74, 6) is 0.823. The van der Waals surface area contributed by atoms with Gasteiger partial charge in [0.15, 0.2) is 24.4 Å². The second kappa shape index (κ2) is 9.76. The lowest BCUT2D eigenvalue weighted by Gasteiger charge is -2.11. The van der Waals surface area contributed by atoms with Crippen molar-refractivity contribution in [3.63, 3.8) is 0 Å². The van der Waals surface area contributed by atoms with E-state index in [1.807, 2.05) is 6.07 Å². The van der Waals surface area contributed by atoms with Crippen LogP contribution in [0.4, 0.5) is 5.69 Å². The van der Waals surface area contributed by atoms with Crippen LogP contribution in [-0.2, 0) is 4.79 Å². The standard InChI is InChI=1S/C18H18N2O7/c1-25-16-4-2-3-5-17(16)26-9-8-19-18(22)12-27-15-7-6-14(20(23)24)10-13(15)11-21/h2-7,10-11H,8-9,12H2,1H3,(H,19,22). The first-order valence-electron chi connectivity index (χ1n) is 7.94. The van der Waals surface area contributed by atoms with E-state index in [9.17, 15) is 19.7 Å². The van der Waals surface area contributed by atoms with E-state index in [1.165, 1.54) is 19.2 Å². The predicted octanol–water partition coefficient (Wildman–Crippen LogP) is 1.99. The Labute approximate surface area is 155 Å². The summed E-state index contributed by atoms with van der Waals surface area (Å²) in [5.41, 5.74) is -0.237. The van der Waals surface area contributed by atoms with E-state index >= 15 is 0 Å². The Kier molecular flexibility index (Phi) is 7.12. The fourth-order valence-corrected chi connectivity index (χ4v) is 2.16. The molecule has 9 heteroatoms. The number of nitro groups is 1. The van der Waals surface area contributed by atoms with E-state index in [-0.39, 0.29) is 36.8 Å². The molecule has 0 saturated heterocycles. The molecular weight excluding hydrogens is 356 g/mol. The van der Waals surface area contributed by atoms with Gasteiger partial charge in [-0.1, -0.05) is 12.1 Å². The van der Waals surface area contributed by atoms with E-state index in [1.54, 1.807) is 18.2 Å². The lowest BCUT2D eigenvalue weighted by atomic mass is 10.2. The number of non-ortho nitro benzene ring substituents is 1. The van der Waals surface area contributed by atoms with E-state index in [0.717, 1.165) is 6.07 Å². The van der Waals surface area contributed by atoms with Crippen molar-refractivity contribution in [1.82, 2.24) is 5.32 Å². The number of nitro benzene ring substituents is 1. The van der Waals surface area contributed by atoms with Gasteiger partial charge in [0.05, 0.1) is 24.1 Å². The molecule has 1 amide bonds. The highest BCUT2D eigenvalue weighted by molar-refractivity contribution is 5.81. The number of amides is 1. The number of carbonyl (C=O) groups is 2. The summed E-state index contributed by atoms with van der Waals surface area (Å²) in [5, 5.41) is 13.3. The molecule has 0 bridgehead atoms. The van der Waals surface area contributed by atoms with Gasteiger partial charge in [-0.3, -0.25) is 19.7 Å². The van der Waals surface area contributed by atoms with Gasteiger partial charge in [0.2, 0.25) is 0 Å². The molecule has 0 radical (unpaired) electrons. The van der Waals surface area contributed by atoms with Crippen LogP contribution < -0.4 is 19.5 Å². The molecule has 0 fully saturated rings. The molecule has 0 aliphatic heterocycles. The highest BCUT2D eigenvalue weighted by Gasteiger charge is 2.12.